The molecule has 4 N–H and O–H groups in total. The van der Waals surface area contributed by atoms with E-state index in [0.29, 0.717) is 32.3 Å². The Morgan fingerprint density at radius 1 is 0.732 bits per heavy atom. The van der Waals surface area contributed by atoms with E-state index in [2.05, 4.69) is 28.2 Å². The van der Waals surface area contributed by atoms with Gasteiger partial charge < -0.3 is 26.0 Å². The molecule has 4 atom stereocenters. The van der Waals surface area contributed by atoms with Gasteiger partial charge in [-0.15, -0.1) is 0 Å². The normalized spacial score (nSPS) is 23.5. The van der Waals surface area contributed by atoms with Crippen molar-refractivity contribution in [3.8, 4) is 0 Å². The largest absolute Gasteiger partial charge is 0.465 e. The lowest BCUT2D eigenvalue weighted by Crippen LogP contribution is -2.55. The van der Waals surface area contributed by atoms with Crippen molar-refractivity contribution in [2.45, 2.75) is 96.1 Å². The number of carbonyl (C=O) groups is 3. The molecule has 2 aliphatic carbocycles. The maximum Gasteiger partial charge on any atom is 0.319 e. The van der Waals surface area contributed by atoms with Gasteiger partial charge in [-0.25, -0.2) is 9.59 Å². The molecular formula is C33H46N4O4. The molecule has 0 bridgehead atoms. The zero-order valence-electron chi connectivity index (χ0n) is 24.3. The van der Waals surface area contributed by atoms with Gasteiger partial charge in [0.2, 0.25) is 0 Å². The van der Waals surface area contributed by atoms with Crippen LogP contribution in [0.2, 0.25) is 0 Å². The lowest BCUT2D eigenvalue weighted by Gasteiger charge is -2.49. The molecule has 2 aromatic rings. The molecule has 2 fully saturated rings. The summed E-state index contributed by atoms with van der Waals surface area (Å²) >= 11 is 0. The van der Waals surface area contributed by atoms with Gasteiger partial charge in [-0.05, 0) is 75.1 Å². The van der Waals surface area contributed by atoms with Crippen molar-refractivity contribution in [2.24, 2.45) is 11.3 Å². The maximum atomic E-state index is 13.6. The number of para-hydroxylation sites is 2. The van der Waals surface area contributed by atoms with Crippen LogP contribution in [-0.4, -0.2) is 36.7 Å². The molecule has 0 aliphatic heterocycles. The summed E-state index contributed by atoms with van der Waals surface area (Å²) in [4.78, 5) is 39.1. The van der Waals surface area contributed by atoms with Crippen molar-refractivity contribution in [1.29, 1.82) is 0 Å². The van der Waals surface area contributed by atoms with E-state index in [4.69, 9.17) is 4.74 Å². The number of hydrogen-bond donors (Lipinski definition) is 4. The van der Waals surface area contributed by atoms with E-state index in [1.807, 2.05) is 60.7 Å². The van der Waals surface area contributed by atoms with Gasteiger partial charge in [0.25, 0.3) is 0 Å². The van der Waals surface area contributed by atoms with Crippen LogP contribution in [-0.2, 0) is 9.53 Å². The van der Waals surface area contributed by atoms with Gasteiger partial charge in [0.05, 0.1) is 12.0 Å². The third kappa shape index (κ3) is 8.97. The molecule has 8 nitrogen and oxygen atoms in total. The number of urea groups is 2. The first-order valence-corrected chi connectivity index (χ1v) is 15.4. The zero-order valence-corrected chi connectivity index (χ0v) is 24.3. The summed E-state index contributed by atoms with van der Waals surface area (Å²) < 4.78 is 5.90. The Kier molecular flexibility index (Phi) is 11.5. The molecule has 4 rings (SSSR count). The van der Waals surface area contributed by atoms with Gasteiger partial charge >= 0.3 is 18.0 Å². The second-order valence-electron chi connectivity index (χ2n) is 11.6. The minimum absolute atomic E-state index is 0.00565. The van der Waals surface area contributed by atoms with Gasteiger partial charge in [-0.1, -0.05) is 75.4 Å². The second kappa shape index (κ2) is 15.5. The first kappa shape index (κ1) is 30.4. The molecule has 222 valence electrons. The summed E-state index contributed by atoms with van der Waals surface area (Å²) in [6, 6.07) is 18.1. The number of amides is 4. The zero-order chi connectivity index (χ0) is 28.9. The Morgan fingerprint density at radius 3 is 1.73 bits per heavy atom. The van der Waals surface area contributed by atoms with E-state index < -0.39 is 5.41 Å². The highest BCUT2D eigenvalue weighted by atomic mass is 16.5. The number of ether oxygens (including phenoxy) is 1. The Bertz CT molecular complexity index is 1040. The molecule has 0 saturated heterocycles. The molecule has 8 heteroatoms. The fraction of sp³-hybridized carbons (Fsp3) is 0.545. The summed E-state index contributed by atoms with van der Waals surface area (Å²) in [5.41, 5.74) is 0.907. The molecular weight excluding hydrogens is 516 g/mol. The van der Waals surface area contributed by atoms with Crippen LogP contribution >= 0.6 is 0 Å². The Hall–Kier alpha value is -3.55. The van der Waals surface area contributed by atoms with E-state index in [-0.39, 0.29) is 36.0 Å². The fourth-order valence-corrected chi connectivity index (χ4v) is 6.44. The van der Waals surface area contributed by atoms with Crippen molar-refractivity contribution in [1.82, 2.24) is 10.6 Å². The average Bonchev–Trinajstić information content (AvgIpc) is 2.97. The first-order valence-electron chi connectivity index (χ1n) is 15.4. The molecule has 4 amide bonds. The molecule has 0 aromatic heterocycles. The van der Waals surface area contributed by atoms with Crippen LogP contribution in [0.4, 0.5) is 21.0 Å². The lowest BCUT2D eigenvalue weighted by molar-refractivity contribution is -0.166. The van der Waals surface area contributed by atoms with Crippen molar-refractivity contribution in [2.75, 3.05) is 17.2 Å². The summed E-state index contributed by atoms with van der Waals surface area (Å²) in [5.74, 6) is -0.0958. The monoisotopic (exact) mass is 562 g/mol. The summed E-state index contributed by atoms with van der Waals surface area (Å²) in [5, 5.41) is 12.0. The van der Waals surface area contributed by atoms with E-state index in [0.717, 1.165) is 37.1 Å². The highest BCUT2D eigenvalue weighted by molar-refractivity contribution is 5.90. The van der Waals surface area contributed by atoms with E-state index >= 15 is 0 Å². The number of carbonyl (C=O) groups excluding carboxylic acids is 3. The maximum absolute atomic E-state index is 13.6. The summed E-state index contributed by atoms with van der Waals surface area (Å²) in [6.07, 6.45) is 11.0. The van der Waals surface area contributed by atoms with Crippen LogP contribution in [0.5, 0.6) is 0 Å². The van der Waals surface area contributed by atoms with Gasteiger partial charge in [0.15, 0.2) is 0 Å². The number of anilines is 2. The van der Waals surface area contributed by atoms with Crippen molar-refractivity contribution >= 4 is 29.4 Å². The van der Waals surface area contributed by atoms with Gasteiger partial charge in [0.1, 0.15) is 0 Å². The predicted octanol–water partition coefficient (Wildman–Crippen LogP) is 7.24. The molecule has 2 aliphatic rings. The fourth-order valence-electron chi connectivity index (χ4n) is 6.44. The van der Waals surface area contributed by atoms with E-state index in [1.54, 1.807) is 0 Å². The topological polar surface area (TPSA) is 109 Å². The first-order chi connectivity index (χ1) is 20.0. The van der Waals surface area contributed by atoms with Crippen LogP contribution in [0, 0.1) is 11.3 Å². The predicted molar refractivity (Wildman–Crippen MR) is 163 cm³/mol. The summed E-state index contributed by atoms with van der Waals surface area (Å²) in [6.45, 7) is 2.67. The van der Waals surface area contributed by atoms with Crippen LogP contribution in [0.25, 0.3) is 0 Å². The highest BCUT2D eigenvalue weighted by Gasteiger charge is 2.53. The molecule has 0 radical (unpaired) electrons. The number of fused-ring (bicyclic) bond motifs is 1. The molecule has 2 unspecified atom stereocenters. The van der Waals surface area contributed by atoms with Crippen molar-refractivity contribution < 1.29 is 19.1 Å². The highest BCUT2D eigenvalue weighted by Crippen LogP contribution is 2.51. The van der Waals surface area contributed by atoms with Crippen LogP contribution < -0.4 is 21.3 Å². The van der Waals surface area contributed by atoms with Crippen molar-refractivity contribution in [3.05, 3.63) is 60.7 Å². The average molecular weight is 563 g/mol. The van der Waals surface area contributed by atoms with E-state index in [9.17, 15) is 14.4 Å². The van der Waals surface area contributed by atoms with Crippen LogP contribution in [0.1, 0.15) is 84.0 Å². The number of benzene rings is 2. The second-order valence-corrected chi connectivity index (χ2v) is 11.6. The Morgan fingerprint density at radius 2 is 1.22 bits per heavy atom. The molecule has 0 heterocycles. The number of unbranched alkanes of at least 4 members (excludes halogenated alkanes) is 5. The SMILES string of the molecule is CCCCCCCCOC(=O)C12CC[C@@H](NC(=O)Nc3ccccc3)CC1C[C@@H](NC(=O)Nc1ccccc1)CC2. The number of esters is 1. The van der Waals surface area contributed by atoms with Gasteiger partial charge in [-0.2, -0.15) is 0 Å². The van der Waals surface area contributed by atoms with Crippen LogP contribution in [0.15, 0.2) is 60.7 Å². The van der Waals surface area contributed by atoms with Crippen LogP contribution in [0.3, 0.4) is 0 Å². The third-order valence-electron chi connectivity index (χ3n) is 8.67. The molecule has 0 spiro atoms. The minimum Gasteiger partial charge on any atom is -0.465 e. The smallest absolute Gasteiger partial charge is 0.319 e. The number of rotatable bonds is 12. The van der Waals surface area contributed by atoms with Crippen molar-refractivity contribution in [3.63, 3.8) is 0 Å². The molecule has 2 aromatic carbocycles. The quantitative estimate of drug-likeness (QED) is 0.161. The summed E-state index contributed by atoms with van der Waals surface area (Å²) in [7, 11) is 0. The minimum atomic E-state index is -0.565. The Labute approximate surface area is 244 Å². The molecule has 41 heavy (non-hydrogen) atoms. The van der Waals surface area contributed by atoms with Gasteiger partial charge in [0, 0.05) is 23.5 Å². The number of nitrogens with one attached hydrogen (secondary N) is 4. The Balaban J connectivity index is 1.36. The molecule has 2 saturated carbocycles. The lowest BCUT2D eigenvalue weighted by atomic mass is 9.57. The standard InChI is InChI=1S/C33H46N4O4/c1-2-3-4-5-6-13-22-41-30(38)33-20-18-28(36-31(39)34-26-14-9-7-10-15-26)23-25(33)24-29(19-21-33)37-32(40)35-27-16-11-8-12-17-27/h7-12,14-17,25,28-29H,2-6,13,18-24H2,1H3,(H2,34,36,39)(H2,35,37,40)/t25?,28-,29+,33?. The number of hydrogen-bond acceptors (Lipinski definition) is 4. The third-order valence-corrected chi connectivity index (χ3v) is 8.67. The van der Waals surface area contributed by atoms with Gasteiger partial charge in [-0.3, -0.25) is 4.79 Å². The van der Waals surface area contributed by atoms with E-state index in [1.165, 1.54) is 25.7 Å².